The van der Waals surface area contributed by atoms with Crippen LogP contribution in [-0.2, 0) is 26.2 Å². The van der Waals surface area contributed by atoms with Crippen LogP contribution in [0.2, 0.25) is 0 Å². The van der Waals surface area contributed by atoms with Crippen molar-refractivity contribution < 1.29 is 18.0 Å². The molecule has 1 N–H and O–H groups in total. The highest BCUT2D eigenvalue weighted by Crippen LogP contribution is 2.23. The van der Waals surface area contributed by atoms with Crippen LogP contribution in [0.1, 0.15) is 54.9 Å². The van der Waals surface area contributed by atoms with Crippen molar-refractivity contribution in [2.24, 2.45) is 0 Å². The van der Waals surface area contributed by atoms with Gasteiger partial charge in [0.25, 0.3) is 0 Å². The molecule has 0 radical (unpaired) electrons. The fourth-order valence-corrected chi connectivity index (χ4v) is 5.52. The van der Waals surface area contributed by atoms with Crippen LogP contribution in [0.25, 0.3) is 0 Å². The number of amides is 2. The van der Waals surface area contributed by atoms with Gasteiger partial charge in [-0.1, -0.05) is 48.7 Å². The molecule has 0 bridgehead atoms. The van der Waals surface area contributed by atoms with E-state index in [4.69, 9.17) is 0 Å². The molecular weight excluding hydrogens is 462 g/mol. The van der Waals surface area contributed by atoms with Crippen LogP contribution < -0.4 is 9.62 Å². The number of nitrogens with one attached hydrogen (secondary N) is 1. The highest BCUT2D eigenvalue weighted by molar-refractivity contribution is 7.92. The summed E-state index contributed by atoms with van der Waals surface area (Å²) >= 11 is 0. The summed E-state index contributed by atoms with van der Waals surface area (Å²) in [5.41, 5.74) is 4.18. The van der Waals surface area contributed by atoms with E-state index < -0.39 is 22.0 Å². The molecule has 1 fully saturated rings. The van der Waals surface area contributed by atoms with E-state index in [9.17, 15) is 18.0 Å². The first-order chi connectivity index (χ1) is 16.4. The number of benzene rings is 2. The number of hydrogen-bond donors (Lipinski definition) is 1. The zero-order chi connectivity index (χ0) is 25.8. The van der Waals surface area contributed by atoms with Gasteiger partial charge in [-0.2, -0.15) is 0 Å². The molecule has 0 aromatic heterocycles. The topological polar surface area (TPSA) is 86.8 Å². The van der Waals surface area contributed by atoms with Gasteiger partial charge in [0.15, 0.2) is 0 Å². The molecule has 3 rings (SSSR count). The van der Waals surface area contributed by atoms with Crippen LogP contribution in [0.4, 0.5) is 5.69 Å². The predicted octanol–water partition coefficient (Wildman–Crippen LogP) is 3.85. The largest absolute Gasteiger partial charge is 0.352 e. The first-order valence-corrected chi connectivity index (χ1v) is 14.0. The molecule has 35 heavy (non-hydrogen) atoms. The Morgan fingerprint density at radius 2 is 1.63 bits per heavy atom. The second-order valence-corrected chi connectivity index (χ2v) is 11.7. The van der Waals surface area contributed by atoms with Crippen LogP contribution in [0.3, 0.4) is 0 Å². The van der Waals surface area contributed by atoms with E-state index in [0.717, 1.165) is 58.5 Å². The standard InChI is InChI=1S/C27H37N3O4S/c1-19-9-8-10-23(14-19)17-29(22(4)27(32)28-24-11-6-7-12-24)26(31)18-30(35(5,33)34)25-15-20(2)13-21(3)16-25/h8-10,13-16,22,24H,6-7,11-12,17-18H2,1-5H3,(H,28,32)/t22-/m0/s1. The van der Waals surface area contributed by atoms with Crippen molar-refractivity contribution in [2.45, 2.75) is 72.0 Å². The van der Waals surface area contributed by atoms with E-state index >= 15 is 0 Å². The smallest absolute Gasteiger partial charge is 0.244 e. The molecule has 0 unspecified atom stereocenters. The van der Waals surface area contributed by atoms with Crippen molar-refractivity contribution in [3.63, 3.8) is 0 Å². The molecule has 0 aliphatic heterocycles. The third kappa shape index (κ3) is 7.31. The molecule has 0 spiro atoms. The van der Waals surface area contributed by atoms with Gasteiger partial charge < -0.3 is 10.2 Å². The van der Waals surface area contributed by atoms with E-state index in [0.29, 0.717) is 5.69 Å². The van der Waals surface area contributed by atoms with E-state index in [1.54, 1.807) is 19.1 Å². The quantitative estimate of drug-likeness (QED) is 0.568. The normalized spacial score (nSPS) is 15.0. The number of nitrogens with zero attached hydrogens (tertiary/aromatic N) is 2. The molecule has 1 aliphatic rings. The summed E-state index contributed by atoms with van der Waals surface area (Å²) in [7, 11) is -3.74. The maximum absolute atomic E-state index is 13.7. The zero-order valence-corrected chi connectivity index (χ0v) is 22.2. The molecule has 1 aliphatic carbocycles. The monoisotopic (exact) mass is 499 g/mol. The van der Waals surface area contributed by atoms with Crippen molar-refractivity contribution in [3.05, 3.63) is 64.7 Å². The second kappa shape index (κ2) is 11.2. The minimum absolute atomic E-state index is 0.128. The van der Waals surface area contributed by atoms with Crippen molar-refractivity contribution in [3.8, 4) is 0 Å². The Kier molecular flexibility index (Phi) is 8.59. The first-order valence-electron chi connectivity index (χ1n) is 12.2. The Morgan fingerprint density at radius 3 is 2.20 bits per heavy atom. The minimum atomic E-state index is -3.74. The summed E-state index contributed by atoms with van der Waals surface area (Å²) in [6.07, 6.45) is 5.16. The lowest BCUT2D eigenvalue weighted by Gasteiger charge is -2.32. The molecule has 7 nitrogen and oxygen atoms in total. The average Bonchev–Trinajstić information content (AvgIpc) is 3.26. The molecule has 0 heterocycles. The van der Waals surface area contributed by atoms with Gasteiger partial charge in [-0.3, -0.25) is 13.9 Å². The van der Waals surface area contributed by atoms with Gasteiger partial charge in [0.1, 0.15) is 12.6 Å². The summed E-state index contributed by atoms with van der Waals surface area (Å²) < 4.78 is 26.6. The second-order valence-electron chi connectivity index (χ2n) is 9.79. The van der Waals surface area contributed by atoms with E-state index in [1.807, 2.05) is 51.1 Å². The Hall–Kier alpha value is -2.87. The summed E-state index contributed by atoms with van der Waals surface area (Å²) in [4.78, 5) is 28.2. The predicted molar refractivity (Wildman–Crippen MR) is 140 cm³/mol. The number of hydrogen-bond acceptors (Lipinski definition) is 4. The Morgan fingerprint density at radius 1 is 1.00 bits per heavy atom. The van der Waals surface area contributed by atoms with Gasteiger partial charge in [0, 0.05) is 12.6 Å². The fraction of sp³-hybridized carbons (Fsp3) is 0.481. The number of aryl methyl sites for hydroxylation is 3. The Labute approximate surface area is 209 Å². The average molecular weight is 500 g/mol. The lowest BCUT2D eigenvalue weighted by Crippen LogP contribution is -2.52. The molecule has 2 aromatic carbocycles. The molecular formula is C27H37N3O4S. The molecule has 1 saturated carbocycles. The van der Waals surface area contributed by atoms with E-state index in [1.165, 1.54) is 4.90 Å². The van der Waals surface area contributed by atoms with Crippen LogP contribution in [0.15, 0.2) is 42.5 Å². The summed E-state index contributed by atoms with van der Waals surface area (Å²) in [6.45, 7) is 7.28. The van der Waals surface area contributed by atoms with E-state index in [2.05, 4.69) is 5.32 Å². The number of sulfonamides is 1. The third-order valence-electron chi connectivity index (χ3n) is 6.48. The molecule has 8 heteroatoms. The number of rotatable bonds is 9. The zero-order valence-electron chi connectivity index (χ0n) is 21.4. The summed E-state index contributed by atoms with van der Waals surface area (Å²) in [6, 6.07) is 12.6. The highest BCUT2D eigenvalue weighted by atomic mass is 32.2. The maximum Gasteiger partial charge on any atom is 0.244 e. The van der Waals surface area contributed by atoms with Crippen LogP contribution in [-0.4, -0.2) is 50.0 Å². The molecule has 1 atom stereocenters. The minimum Gasteiger partial charge on any atom is -0.352 e. The lowest BCUT2D eigenvalue weighted by molar-refractivity contribution is -0.139. The van der Waals surface area contributed by atoms with E-state index in [-0.39, 0.29) is 25.0 Å². The Balaban J connectivity index is 1.90. The SMILES string of the molecule is Cc1cccc(CN(C(=O)CN(c2cc(C)cc(C)c2)S(C)(=O)=O)[C@@H](C)C(=O)NC2CCCC2)c1. The number of carbonyl (C=O) groups excluding carboxylic acids is 2. The first kappa shape index (κ1) is 26.7. The molecule has 2 aromatic rings. The van der Waals surface area contributed by atoms with Crippen molar-refractivity contribution in [1.82, 2.24) is 10.2 Å². The van der Waals surface area contributed by atoms with Gasteiger partial charge >= 0.3 is 0 Å². The van der Waals surface area contributed by atoms with Crippen molar-refractivity contribution in [1.29, 1.82) is 0 Å². The number of anilines is 1. The van der Waals surface area contributed by atoms with Crippen LogP contribution in [0.5, 0.6) is 0 Å². The highest BCUT2D eigenvalue weighted by Gasteiger charge is 2.31. The number of carbonyl (C=O) groups is 2. The summed E-state index contributed by atoms with van der Waals surface area (Å²) in [5.74, 6) is -0.639. The maximum atomic E-state index is 13.7. The summed E-state index contributed by atoms with van der Waals surface area (Å²) in [5, 5.41) is 3.08. The van der Waals surface area contributed by atoms with Crippen LogP contribution >= 0.6 is 0 Å². The van der Waals surface area contributed by atoms with Gasteiger partial charge in [0.2, 0.25) is 21.8 Å². The molecule has 0 saturated heterocycles. The van der Waals surface area contributed by atoms with Gasteiger partial charge in [-0.25, -0.2) is 8.42 Å². The van der Waals surface area contributed by atoms with Gasteiger partial charge in [-0.15, -0.1) is 0 Å². The molecule has 2 amide bonds. The fourth-order valence-electron chi connectivity index (χ4n) is 4.69. The van der Waals surface area contributed by atoms with Crippen molar-refractivity contribution >= 4 is 27.5 Å². The lowest BCUT2D eigenvalue weighted by atomic mass is 10.1. The van der Waals surface area contributed by atoms with Gasteiger partial charge in [-0.05, 0) is 69.4 Å². The third-order valence-corrected chi connectivity index (χ3v) is 7.62. The molecule has 190 valence electrons. The van der Waals surface area contributed by atoms with Gasteiger partial charge in [0.05, 0.1) is 11.9 Å². The Bertz CT molecular complexity index is 1150. The van der Waals surface area contributed by atoms with Crippen molar-refractivity contribution in [2.75, 3.05) is 17.1 Å². The van der Waals surface area contributed by atoms with Crippen LogP contribution in [0, 0.1) is 20.8 Å².